The third-order valence-electron chi connectivity index (χ3n) is 5.19. The van der Waals surface area contributed by atoms with Gasteiger partial charge in [0.25, 0.3) is 0 Å². The van der Waals surface area contributed by atoms with Crippen LogP contribution in [0, 0.1) is 11.7 Å². The predicted molar refractivity (Wildman–Crippen MR) is 96.8 cm³/mol. The van der Waals surface area contributed by atoms with E-state index in [0.29, 0.717) is 24.5 Å². The maximum absolute atomic E-state index is 13.7. The zero-order valence-electron chi connectivity index (χ0n) is 15.2. The lowest BCUT2D eigenvalue weighted by Gasteiger charge is -2.34. The van der Waals surface area contributed by atoms with E-state index in [0.717, 1.165) is 25.6 Å². The van der Waals surface area contributed by atoms with Crippen LogP contribution in [0.25, 0.3) is 11.3 Å². The van der Waals surface area contributed by atoms with Gasteiger partial charge in [-0.15, -0.1) is 0 Å². The summed E-state index contributed by atoms with van der Waals surface area (Å²) >= 11 is 0. The summed E-state index contributed by atoms with van der Waals surface area (Å²) in [5, 5.41) is 13.8. The number of benzene rings is 1. The molecule has 0 amide bonds. The first-order valence-electron chi connectivity index (χ1n) is 9.11. The second-order valence-corrected chi connectivity index (χ2v) is 7.10. The Morgan fingerprint density at radius 2 is 2.07 bits per heavy atom. The third-order valence-corrected chi connectivity index (χ3v) is 5.19. The van der Waals surface area contributed by atoms with Crippen LogP contribution in [0.4, 0.5) is 10.2 Å². The predicted octanol–water partition coefficient (Wildman–Crippen LogP) is 2.72. The van der Waals surface area contributed by atoms with Crippen LogP contribution in [0.15, 0.2) is 22.7 Å². The largest absolute Gasteiger partial charge is 0.494 e. The van der Waals surface area contributed by atoms with Gasteiger partial charge in [0.15, 0.2) is 28.7 Å². The third kappa shape index (κ3) is 3.62. The van der Waals surface area contributed by atoms with Crippen LogP contribution >= 0.6 is 0 Å². The molecular formula is C19H22FN3O4. The Morgan fingerprint density at radius 1 is 1.33 bits per heavy atom. The van der Waals surface area contributed by atoms with Crippen LogP contribution in [-0.2, 0) is 0 Å². The summed E-state index contributed by atoms with van der Waals surface area (Å²) in [5.41, 5.74) is 0.413. The Bertz CT molecular complexity index is 841. The second-order valence-electron chi connectivity index (χ2n) is 7.10. The summed E-state index contributed by atoms with van der Waals surface area (Å²) in [7, 11) is 1.35. The van der Waals surface area contributed by atoms with Crippen LogP contribution in [0.2, 0.25) is 0 Å². The van der Waals surface area contributed by atoms with Gasteiger partial charge in [0.05, 0.1) is 7.11 Å². The Labute approximate surface area is 156 Å². The smallest absolute Gasteiger partial charge is 0.343 e. The normalized spacial score (nSPS) is 17.9. The maximum atomic E-state index is 13.7. The number of aromatic carboxylic acids is 1. The molecule has 1 aliphatic carbocycles. The highest BCUT2D eigenvalue weighted by atomic mass is 19.1. The van der Waals surface area contributed by atoms with Crippen molar-refractivity contribution in [2.24, 2.45) is 5.92 Å². The molecule has 2 aliphatic rings. The lowest BCUT2D eigenvalue weighted by molar-refractivity contribution is 0.0697. The fourth-order valence-electron chi connectivity index (χ4n) is 3.50. The minimum Gasteiger partial charge on any atom is -0.494 e. The number of nitrogens with zero attached hydrogens (tertiary/aromatic N) is 3. The summed E-state index contributed by atoms with van der Waals surface area (Å²) in [4.78, 5) is 16.3. The Morgan fingerprint density at radius 3 is 2.70 bits per heavy atom. The van der Waals surface area contributed by atoms with E-state index in [4.69, 9.17) is 9.26 Å². The molecule has 2 fully saturated rings. The van der Waals surface area contributed by atoms with E-state index in [1.165, 1.54) is 38.2 Å². The van der Waals surface area contributed by atoms with Crippen molar-refractivity contribution in [2.45, 2.75) is 12.8 Å². The molecule has 1 aromatic heterocycles. The van der Waals surface area contributed by atoms with Crippen molar-refractivity contribution in [2.75, 3.05) is 44.7 Å². The molecule has 1 aliphatic heterocycles. The van der Waals surface area contributed by atoms with Crippen molar-refractivity contribution in [3.63, 3.8) is 0 Å². The first-order valence-corrected chi connectivity index (χ1v) is 9.11. The van der Waals surface area contributed by atoms with E-state index in [-0.39, 0.29) is 17.1 Å². The summed E-state index contributed by atoms with van der Waals surface area (Å²) < 4.78 is 24.0. The van der Waals surface area contributed by atoms with Crippen LogP contribution in [-0.4, -0.2) is 61.0 Å². The molecule has 0 bridgehead atoms. The average molecular weight is 375 g/mol. The molecule has 1 saturated heterocycles. The van der Waals surface area contributed by atoms with Crippen LogP contribution in [0.3, 0.4) is 0 Å². The van der Waals surface area contributed by atoms with Crippen molar-refractivity contribution >= 4 is 11.8 Å². The lowest BCUT2D eigenvalue weighted by Crippen LogP contribution is -2.47. The Kier molecular flexibility index (Phi) is 4.73. The van der Waals surface area contributed by atoms with Crippen molar-refractivity contribution in [3.05, 3.63) is 29.6 Å². The van der Waals surface area contributed by atoms with E-state index >= 15 is 0 Å². The highest BCUT2D eigenvalue weighted by Crippen LogP contribution is 2.35. The second kappa shape index (κ2) is 7.19. The molecule has 1 saturated carbocycles. The van der Waals surface area contributed by atoms with Crippen LogP contribution < -0.4 is 9.64 Å². The molecule has 0 radical (unpaired) electrons. The number of hydrogen-bond donors (Lipinski definition) is 1. The number of methoxy groups -OCH3 is 1. The molecule has 0 spiro atoms. The van der Waals surface area contributed by atoms with Gasteiger partial charge in [0.1, 0.15) is 0 Å². The zero-order valence-corrected chi connectivity index (χ0v) is 15.2. The van der Waals surface area contributed by atoms with Crippen molar-refractivity contribution in [1.82, 2.24) is 10.1 Å². The molecule has 8 heteroatoms. The molecule has 1 N–H and O–H groups in total. The molecule has 144 valence electrons. The topological polar surface area (TPSA) is 79.0 Å². The monoisotopic (exact) mass is 375 g/mol. The van der Waals surface area contributed by atoms with E-state index in [1.807, 2.05) is 4.90 Å². The Hall–Kier alpha value is -2.61. The number of carboxylic acid groups (broad SMARTS) is 1. The summed E-state index contributed by atoms with van der Waals surface area (Å²) in [5.74, 6) is -0.355. The molecule has 1 aromatic carbocycles. The summed E-state index contributed by atoms with van der Waals surface area (Å²) in [6.45, 7) is 4.28. The first-order chi connectivity index (χ1) is 13.1. The number of piperazine rings is 1. The SMILES string of the molecule is COc1cc(-c2onc(N3CCN(CC4CC4)CC3)c2C(=O)O)ccc1F. The van der Waals surface area contributed by atoms with E-state index in [1.54, 1.807) is 0 Å². The van der Waals surface area contributed by atoms with Gasteiger partial charge >= 0.3 is 5.97 Å². The van der Waals surface area contributed by atoms with Gasteiger partial charge in [0.2, 0.25) is 0 Å². The number of ether oxygens (including phenoxy) is 1. The Balaban J connectivity index is 1.58. The van der Waals surface area contributed by atoms with Gasteiger partial charge in [-0.3, -0.25) is 4.90 Å². The minimum absolute atomic E-state index is 0.000644. The quantitative estimate of drug-likeness (QED) is 0.832. The highest BCUT2D eigenvalue weighted by molar-refractivity contribution is 5.99. The van der Waals surface area contributed by atoms with Gasteiger partial charge in [-0.1, -0.05) is 5.16 Å². The molecule has 2 heterocycles. The lowest BCUT2D eigenvalue weighted by atomic mass is 10.1. The average Bonchev–Trinajstić information content (AvgIpc) is 3.37. The molecule has 0 atom stereocenters. The number of carboxylic acids is 1. The number of aromatic nitrogens is 1. The van der Waals surface area contributed by atoms with Gasteiger partial charge < -0.3 is 19.3 Å². The molecule has 2 aromatic rings. The highest BCUT2D eigenvalue weighted by Gasteiger charge is 2.31. The van der Waals surface area contributed by atoms with Gasteiger partial charge in [0, 0.05) is 38.3 Å². The zero-order chi connectivity index (χ0) is 19.0. The number of halogens is 1. The van der Waals surface area contributed by atoms with E-state index in [2.05, 4.69) is 10.1 Å². The minimum atomic E-state index is -1.12. The fourth-order valence-corrected chi connectivity index (χ4v) is 3.50. The molecule has 4 rings (SSSR count). The maximum Gasteiger partial charge on any atom is 0.343 e. The summed E-state index contributed by atoms with van der Waals surface area (Å²) in [6.07, 6.45) is 2.63. The van der Waals surface area contributed by atoms with E-state index < -0.39 is 11.8 Å². The number of anilines is 1. The van der Waals surface area contributed by atoms with Crippen molar-refractivity contribution in [1.29, 1.82) is 0 Å². The van der Waals surface area contributed by atoms with Crippen molar-refractivity contribution in [3.8, 4) is 17.1 Å². The first kappa shape index (κ1) is 17.8. The van der Waals surface area contributed by atoms with Crippen LogP contribution in [0.1, 0.15) is 23.2 Å². The molecular weight excluding hydrogens is 353 g/mol. The van der Waals surface area contributed by atoms with Crippen LogP contribution in [0.5, 0.6) is 5.75 Å². The van der Waals surface area contributed by atoms with E-state index in [9.17, 15) is 14.3 Å². The fraction of sp³-hybridized carbons (Fsp3) is 0.474. The summed E-state index contributed by atoms with van der Waals surface area (Å²) in [6, 6.07) is 4.10. The van der Waals surface area contributed by atoms with Crippen molar-refractivity contribution < 1.29 is 23.6 Å². The molecule has 7 nitrogen and oxygen atoms in total. The number of carbonyl (C=O) groups is 1. The van der Waals surface area contributed by atoms with Gasteiger partial charge in [-0.25, -0.2) is 9.18 Å². The molecule has 27 heavy (non-hydrogen) atoms. The number of rotatable bonds is 6. The van der Waals surface area contributed by atoms with Gasteiger partial charge in [-0.2, -0.15) is 0 Å². The van der Waals surface area contributed by atoms with Gasteiger partial charge in [-0.05, 0) is 37.0 Å². The number of hydrogen-bond acceptors (Lipinski definition) is 6. The standard InChI is InChI=1S/C19H22FN3O4/c1-26-15-10-13(4-5-14(15)20)17-16(19(24)25)18(21-27-17)23-8-6-22(7-9-23)11-12-2-3-12/h4-5,10,12H,2-3,6-9,11H2,1H3,(H,24,25). The molecule has 0 unspecified atom stereocenters.